The Hall–Kier alpha value is -1.02. The average molecular weight is 205 g/mol. The first-order valence-electron chi connectivity index (χ1n) is 5.04. The van der Waals surface area contributed by atoms with Gasteiger partial charge in [-0.2, -0.15) is 0 Å². The van der Waals surface area contributed by atoms with E-state index >= 15 is 0 Å². The standard InChI is InChI=1S/C12H15NS/c1-3-9(2)13-11-6-4-5-10-7-8-14-12(10)11/h4-9,13H,3H2,1-2H3. The molecular weight excluding hydrogens is 190 g/mol. The van der Waals surface area contributed by atoms with Gasteiger partial charge in [-0.25, -0.2) is 0 Å². The van der Waals surface area contributed by atoms with Crippen LogP contribution in [0, 0.1) is 0 Å². The van der Waals surface area contributed by atoms with E-state index in [2.05, 4.69) is 48.8 Å². The van der Waals surface area contributed by atoms with Crippen LogP contribution in [0.4, 0.5) is 5.69 Å². The quantitative estimate of drug-likeness (QED) is 0.795. The molecule has 0 aliphatic heterocycles. The zero-order valence-electron chi connectivity index (χ0n) is 8.58. The normalized spacial score (nSPS) is 13.0. The van der Waals surface area contributed by atoms with Gasteiger partial charge in [-0.3, -0.25) is 0 Å². The Kier molecular flexibility index (Phi) is 2.73. The lowest BCUT2D eigenvalue weighted by Crippen LogP contribution is -2.13. The van der Waals surface area contributed by atoms with E-state index in [1.54, 1.807) is 11.3 Å². The molecule has 0 amide bonds. The summed E-state index contributed by atoms with van der Waals surface area (Å²) in [6.07, 6.45) is 1.15. The molecule has 0 aliphatic rings. The zero-order chi connectivity index (χ0) is 9.97. The van der Waals surface area contributed by atoms with Gasteiger partial charge >= 0.3 is 0 Å². The third kappa shape index (κ3) is 1.75. The lowest BCUT2D eigenvalue weighted by molar-refractivity contribution is 0.765. The smallest absolute Gasteiger partial charge is 0.0574 e. The molecule has 1 aromatic carbocycles. The Balaban J connectivity index is 2.36. The first-order valence-corrected chi connectivity index (χ1v) is 5.92. The van der Waals surface area contributed by atoms with E-state index in [1.165, 1.54) is 15.8 Å². The fourth-order valence-corrected chi connectivity index (χ4v) is 2.35. The number of hydrogen-bond donors (Lipinski definition) is 1. The highest BCUT2D eigenvalue weighted by Crippen LogP contribution is 2.29. The topological polar surface area (TPSA) is 12.0 Å². The molecule has 0 saturated heterocycles. The summed E-state index contributed by atoms with van der Waals surface area (Å²) in [5.41, 5.74) is 1.27. The van der Waals surface area contributed by atoms with E-state index in [1.807, 2.05) is 0 Å². The van der Waals surface area contributed by atoms with E-state index < -0.39 is 0 Å². The second-order valence-corrected chi connectivity index (χ2v) is 4.51. The van der Waals surface area contributed by atoms with E-state index in [4.69, 9.17) is 0 Å². The lowest BCUT2D eigenvalue weighted by atomic mass is 10.2. The highest BCUT2D eigenvalue weighted by atomic mass is 32.1. The van der Waals surface area contributed by atoms with Gasteiger partial charge in [0.15, 0.2) is 0 Å². The van der Waals surface area contributed by atoms with Crippen LogP contribution in [0.25, 0.3) is 10.1 Å². The number of hydrogen-bond acceptors (Lipinski definition) is 2. The molecule has 0 radical (unpaired) electrons. The maximum absolute atomic E-state index is 3.53. The lowest BCUT2D eigenvalue weighted by Gasteiger charge is -2.13. The molecular formula is C12H15NS. The Morgan fingerprint density at radius 1 is 1.36 bits per heavy atom. The third-order valence-electron chi connectivity index (χ3n) is 2.49. The SMILES string of the molecule is CCC(C)Nc1cccc2ccsc12. The number of anilines is 1. The minimum Gasteiger partial charge on any atom is -0.381 e. The van der Waals surface area contributed by atoms with Crippen molar-refractivity contribution in [1.29, 1.82) is 0 Å². The van der Waals surface area contributed by atoms with Crippen LogP contribution >= 0.6 is 11.3 Å². The summed E-state index contributed by atoms with van der Waals surface area (Å²) in [6.45, 7) is 4.42. The van der Waals surface area contributed by atoms with Crippen LogP contribution in [0.3, 0.4) is 0 Å². The molecule has 1 heterocycles. The Morgan fingerprint density at radius 2 is 2.21 bits per heavy atom. The molecule has 0 bridgehead atoms. The molecule has 1 N–H and O–H groups in total. The van der Waals surface area contributed by atoms with Crippen molar-refractivity contribution < 1.29 is 0 Å². The summed E-state index contributed by atoms with van der Waals surface area (Å²) in [7, 11) is 0. The molecule has 0 saturated carbocycles. The predicted octanol–water partition coefficient (Wildman–Crippen LogP) is 4.11. The van der Waals surface area contributed by atoms with Gasteiger partial charge in [-0.1, -0.05) is 19.1 Å². The summed E-state index contributed by atoms with van der Waals surface area (Å²) >= 11 is 1.80. The maximum atomic E-state index is 3.53. The van der Waals surface area contributed by atoms with Gasteiger partial charge < -0.3 is 5.32 Å². The first kappa shape index (κ1) is 9.53. The zero-order valence-corrected chi connectivity index (χ0v) is 9.40. The summed E-state index contributed by atoms with van der Waals surface area (Å²) in [4.78, 5) is 0. The highest BCUT2D eigenvalue weighted by Gasteiger charge is 2.03. The monoisotopic (exact) mass is 205 g/mol. The minimum absolute atomic E-state index is 0.544. The maximum Gasteiger partial charge on any atom is 0.0574 e. The van der Waals surface area contributed by atoms with E-state index in [0.717, 1.165) is 6.42 Å². The fraction of sp³-hybridized carbons (Fsp3) is 0.333. The van der Waals surface area contributed by atoms with Crippen LogP contribution in [0.5, 0.6) is 0 Å². The van der Waals surface area contributed by atoms with Crippen molar-refractivity contribution in [3.63, 3.8) is 0 Å². The van der Waals surface area contributed by atoms with Gasteiger partial charge in [-0.05, 0) is 36.2 Å². The fourth-order valence-electron chi connectivity index (χ4n) is 1.47. The van der Waals surface area contributed by atoms with Crippen molar-refractivity contribution in [2.75, 3.05) is 5.32 Å². The van der Waals surface area contributed by atoms with Crippen molar-refractivity contribution in [3.05, 3.63) is 29.6 Å². The van der Waals surface area contributed by atoms with Crippen LogP contribution in [-0.4, -0.2) is 6.04 Å². The molecule has 1 aromatic heterocycles. The molecule has 0 fully saturated rings. The first-order chi connectivity index (χ1) is 6.81. The molecule has 2 heteroatoms. The van der Waals surface area contributed by atoms with Crippen molar-refractivity contribution in [2.45, 2.75) is 26.3 Å². The molecule has 74 valence electrons. The summed E-state index contributed by atoms with van der Waals surface area (Å²) < 4.78 is 1.37. The summed E-state index contributed by atoms with van der Waals surface area (Å²) in [6, 6.07) is 9.14. The van der Waals surface area contributed by atoms with E-state index in [9.17, 15) is 0 Å². The van der Waals surface area contributed by atoms with Gasteiger partial charge in [0.1, 0.15) is 0 Å². The van der Waals surface area contributed by atoms with E-state index in [0.29, 0.717) is 6.04 Å². The van der Waals surface area contributed by atoms with Gasteiger partial charge in [0.05, 0.1) is 10.4 Å². The Bertz CT molecular complexity index is 419. The third-order valence-corrected chi connectivity index (χ3v) is 3.46. The van der Waals surface area contributed by atoms with Crippen LogP contribution in [0.15, 0.2) is 29.6 Å². The van der Waals surface area contributed by atoms with Gasteiger partial charge in [-0.15, -0.1) is 11.3 Å². The molecule has 1 atom stereocenters. The van der Waals surface area contributed by atoms with Crippen molar-refractivity contribution in [1.82, 2.24) is 0 Å². The van der Waals surface area contributed by atoms with Crippen LogP contribution in [0.1, 0.15) is 20.3 Å². The number of fused-ring (bicyclic) bond motifs is 1. The van der Waals surface area contributed by atoms with Crippen LogP contribution in [0.2, 0.25) is 0 Å². The molecule has 1 unspecified atom stereocenters. The van der Waals surface area contributed by atoms with Crippen LogP contribution < -0.4 is 5.32 Å². The summed E-state index contributed by atoms with van der Waals surface area (Å²) in [5, 5.41) is 7.01. The second-order valence-electron chi connectivity index (χ2n) is 3.60. The minimum atomic E-state index is 0.544. The predicted molar refractivity (Wildman–Crippen MR) is 65.2 cm³/mol. The molecule has 0 aliphatic carbocycles. The molecule has 2 rings (SSSR count). The highest BCUT2D eigenvalue weighted by molar-refractivity contribution is 7.17. The van der Waals surface area contributed by atoms with Gasteiger partial charge in [0.2, 0.25) is 0 Å². The van der Waals surface area contributed by atoms with Crippen molar-refractivity contribution in [3.8, 4) is 0 Å². The number of nitrogens with one attached hydrogen (secondary N) is 1. The van der Waals surface area contributed by atoms with Crippen molar-refractivity contribution in [2.24, 2.45) is 0 Å². The molecule has 1 nitrogen and oxygen atoms in total. The molecule has 0 spiro atoms. The average Bonchev–Trinajstić information content (AvgIpc) is 2.66. The Labute approximate surface area is 88.8 Å². The van der Waals surface area contributed by atoms with E-state index in [-0.39, 0.29) is 0 Å². The van der Waals surface area contributed by atoms with Gasteiger partial charge in [0, 0.05) is 6.04 Å². The molecule has 14 heavy (non-hydrogen) atoms. The Morgan fingerprint density at radius 3 is 3.00 bits per heavy atom. The van der Waals surface area contributed by atoms with Crippen LogP contribution in [-0.2, 0) is 0 Å². The largest absolute Gasteiger partial charge is 0.381 e. The second kappa shape index (κ2) is 4.01. The van der Waals surface area contributed by atoms with Gasteiger partial charge in [0.25, 0.3) is 0 Å². The number of rotatable bonds is 3. The number of benzene rings is 1. The molecule has 2 aromatic rings. The number of thiophene rings is 1. The van der Waals surface area contributed by atoms with Crippen molar-refractivity contribution >= 4 is 27.1 Å². The summed E-state index contributed by atoms with van der Waals surface area (Å²) in [5.74, 6) is 0.